The van der Waals surface area contributed by atoms with E-state index < -0.39 is 0 Å². The number of carbonyl (C=O) groups excluding carboxylic acids is 1. The number of para-hydroxylation sites is 1. The zero-order valence-corrected chi connectivity index (χ0v) is 11.1. The summed E-state index contributed by atoms with van der Waals surface area (Å²) in [7, 11) is 0. The van der Waals surface area contributed by atoms with Gasteiger partial charge >= 0.3 is 0 Å². The van der Waals surface area contributed by atoms with Gasteiger partial charge in [-0.05, 0) is 24.3 Å². The molecule has 0 aliphatic carbocycles. The van der Waals surface area contributed by atoms with Crippen LogP contribution in [0.3, 0.4) is 0 Å². The van der Waals surface area contributed by atoms with E-state index in [1.807, 2.05) is 35.2 Å². The molecule has 0 bridgehead atoms. The molecular formula is C15H17N3O2. The summed E-state index contributed by atoms with van der Waals surface area (Å²) < 4.78 is 0. The third kappa shape index (κ3) is 4.07. The highest BCUT2D eigenvalue weighted by molar-refractivity contribution is 5.93. The first kappa shape index (κ1) is 14.0. The number of aliphatic hydroxyl groups excluding tert-OH is 1. The Labute approximate surface area is 117 Å². The van der Waals surface area contributed by atoms with Gasteiger partial charge in [0.15, 0.2) is 0 Å². The topological polar surface area (TPSA) is 65.5 Å². The van der Waals surface area contributed by atoms with E-state index in [1.54, 1.807) is 24.5 Å². The quantitative estimate of drug-likeness (QED) is 0.836. The summed E-state index contributed by atoms with van der Waals surface area (Å²) in [5.74, 6) is -0.143. The number of aliphatic hydroxyl groups is 1. The zero-order valence-electron chi connectivity index (χ0n) is 11.1. The fourth-order valence-corrected chi connectivity index (χ4v) is 1.87. The molecule has 104 valence electrons. The molecule has 0 radical (unpaired) electrons. The molecule has 20 heavy (non-hydrogen) atoms. The molecule has 0 saturated heterocycles. The smallest absolute Gasteiger partial charge is 0.243 e. The number of nitrogens with zero attached hydrogens (tertiary/aromatic N) is 2. The Bertz CT molecular complexity index is 531. The molecule has 0 atom stereocenters. The van der Waals surface area contributed by atoms with E-state index in [9.17, 15) is 4.79 Å². The first-order chi connectivity index (χ1) is 9.79. The molecule has 1 aromatic heterocycles. The Morgan fingerprint density at radius 3 is 2.65 bits per heavy atom. The number of nitrogens with one attached hydrogen (secondary N) is 1. The minimum Gasteiger partial charge on any atom is -0.395 e. The summed E-state index contributed by atoms with van der Waals surface area (Å²) in [6.45, 7) is 0.582. The lowest BCUT2D eigenvalue weighted by Crippen LogP contribution is -2.35. The van der Waals surface area contributed by atoms with Gasteiger partial charge in [0.25, 0.3) is 0 Å². The van der Waals surface area contributed by atoms with Crippen LogP contribution in [0.25, 0.3) is 0 Å². The van der Waals surface area contributed by atoms with Crippen LogP contribution in [-0.2, 0) is 4.79 Å². The lowest BCUT2D eigenvalue weighted by molar-refractivity contribution is -0.115. The number of hydrogen-bond acceptors (Lipinski definition) is 4. The fraction of sp³-hybridized carbons (Fsp3) is 0.200. The Morgan fingerprint density at radius 2 is 2.00 bits per heavy atom. The van der Waals surface area contributed by atoms with Crippen molar-refractivity contribution >= 4 is 17.3 Å². The zero-order chi connectivity index (χ0) is 14.2. The first-order valence-electron chi connectivity index (χ1n) is 6.40. The van der Waals surface area contributed by atoms with Crippen LogP contribution in [0, 0.1) is 0 Å². The van der Waals surface area contributed by atoms with Crippen LogP contribution in [0.2, 0.25) is 0 Å². The number of anilines is 2. The monoisotopic (exact) mass is 271 g/mol. The van der Waals surface area contributed by atoms with Gasteiger partial charge in [-0.2, -0.15) is 0 Å². The van der Waals surface area contributed by atoms with Gasteiger partial charge in [0, 0.05) is 18.4 Å². The number of carbonyl (C=O) groups is 1. The first-order valence-corrected chi connectivity index (χ1v) is 6.40. The van der Waals surface area contributed by atoms with Crippen molar-refractivity contribution in [3.8, 4) is 0 Å². The van der Waals surface area contributed by atoms with E-state index in [0.717, 1.165) is 5.69 Å². The summed E-state index contributed by atoms with van der Waals surface area (Å²) in [5, 5.41) is 11.9. The molecule has 0 unspecified atom stereocenters. The van der Waals surface area contributed by atoms with Crippen LogP contribution in [0.15, 0.2) is 54.9 Å². The highest BCUT2D eigenvalue weighted by Gasteiger charge is 2.11. The third-order valence-corrected chi connectivity index (χ3v) is 2.77. The van der Waals surface area contributed by atoms with Crippen molar-refractivity contribution in [2.45, 2.75) is 0 Å². The predicted molar refractivity (Wildman–Crippen MR) is 78.6 cm³/mol. The van der Waals surface area contributed by atoms with Gasteiger partial charge in [-0.15, -0.1) is 0 Å². The number of rotatable bonds is 6. The largest absolute Gasteiger partial charge is 0.395 e. The van der Waals surface area contributed by atoms with Crippen molar-refractivity contribution < 1.29 is 9.90 Å². The minimum atomic E-state index is -0.143. The van der Waals surface area contributed by atoms with Crippen molar-refractivity contribution in [3.63, 3.8) is 0 Å². The summed E-state index contributed by atoms with van der Waals surface area (Å²) in [5.41, 5.74) is 1.57. The third-order valence-electron chi connectivity index (χ3n) is 2.77. The van der Waals surface area contributed by atoms with Crippen molar-refractivity contribution in [3.05, 3.63) is 54.9 Å². The van der Waals surface area contributed by atoms with Gasteiger partial charge < -0.3 is 15.3 Å². The fourth-order valence-electron chi connectivity index (χ4n) is 1.87. The van der Waals surface area contributed by atoms with E-state index in [2.05, 4.69) is 10.3 Å². The molecule has 0 aliphatic heterocycles. The molecule has 0 aliphatic rings. The van der Waals surface area contributed by atoms with Crippen LogP contribution in [0.5, 0.6) is 0 Å². The second-order valence-electron chi connectivity index (χ2n) is 4.27. The van der Waals surface area contributed by atoms with Gasteiger partial charge in [0.1, 0.15) is 0 Å². The number of benzene rings is 1. The normalized spacial score (nSPS) is 10.1. The van der Waals surface area contributed by atoms with E-state index >= 15 is 0 Å². The summed E-state index contributed by atoms with van der Waals surface area (Å²) in [6.07, 6.45) is 3.24. The maximum Gasteiger partial charge on any atom is 0.243 e. The minimum absolute atomic E-state index is 0.00489. The average Bonchev–Trinajstić information content (AvgIpc) is 2.49. The second kappa shape index (κ2) is 7.25. The van der Waals surface area contributed by atoms with Gasteiger partial charge in [0.05, 0.1) is 25.0 Å². The van der Waals surface area contributed by atoms with Crippen molar-refractivity contribution in [2.24, 2.45) is 0 Å². The van der Waals surface area contributed by atoms with Gasteiger partial charge in [0.2, 0.25) is 5.91 Å². The molecule has 0 fully saturated rings. The predicted octanol–water partition coefficient (Wildman–Crippen LogP) is 1.52. The summed E-state index contributed by atoms with van der Waals surface area (Å²) in [6, 6.07) is 13.1. The molecule has 1 aromatic carbocycles. The molecule has 2 N–H and O–H groups in total. The van der Waals surface area contributed by atoms with Gasteiger partial charge in [-0.3, -0.25) is 9.78 Å². The maximum atomic E-state index is 12.0. The van der Waals surface area contributed by atoms with Gasteiger partial charge in [-0.1, -0.05) is 18.2 Å². The van der Waals surface area contributed by atoms with Gasteiger partial charge in [-0.25, -0.2) is 0 Å². The van der Waals surface area contributed by atoms with Crippen LogP contribution in [0.1, 0.15) is 0 Å². The van der Waals surface area contributed by atoms with E-state index in [4.69, 9.17) is 5.11 Å². The van der Waals surface area contributed by atoms with E-state index in [-0.39, 0.29) is 19.1 Å². The van der Waals surface area contributed by atoms with Crippen molar-refractivity contribution in [1.29, 1.82) is 0 Å². The molecule has 1 heterocycles. The number of amides is 1. The SMILES string of the molecule is O=C(CN(CCO)c1ccccc1)Nc1cccnc1. The van der Waals surface area contributed by atoms with Crippen molar-refractivity contribution in [1.82, 2.24) is 4.98 Å². The Morgan fingerprint density at radius 1 is 1.20 bits per heavy atom. The van der Waals surface area contributed by atoms with Crippen LogP contribution in [0.4, 0.5) is 11.4 Å². The molecule has 0 saturated carbocycles. The average molecular weight is 271 g/mol. The molecule has 0 spiro atoms. The lowest BCUT2D eigenvalue weighted by Gasteiger charge is -2.23. The maximum absolute atomic E-state index is 12.0. The van der Waals surface area contributed by atoms with Crippen LogP contribution < -0.4 is 10.2 Å². The van der Waals surface area contributed by atoms with Crippen molar-refractivity contribution in [2.75, 3.05) is 29.9 Å². The Balaban J connectivity index is 1.99. The summed E-state index contributed by atoms with van der Waals surface area (Å²) >= 11 is 0. The van der Waals surface area contributed by atoms with Crippen LogP contribution in [-0.4, -0.2) is 35.7 Å². The molecule has 2 rings (SSSR count). The highest BCUT2D eigenvalue weighted by atomic mass is 16.3. The Hall–Kier alpha value is -2.40. The molecule has 1 amide bonds. The number of pyridine rings is 1. The summed E-state index contributed by atoms with van der Waals surface area (Å²) in [4.78, 5) is 17.8. The highest BCUT2D eigenvalue weighted by Crippen LogP contribution is 2.13. The molecule has 5 nitrogen and oxygen atoms in total. The van der Waals surface area contributed by atoms with E-state index in [1.165, 1.54) is 0 Å². The standard InChI is InChI=1S/C15H17N3O2/c19-10-9-18(14-6-2-1-3-7-14)12-15(20)17-13-5-4-8-16-11-13/h1-8,11,19H,9-10,12H2,(H,17,20). The number of aromatic nitrogens is 1. The van der Waals surface area contributed by atoms with E-state index in [0.29, 0.717) is 12.2 Å². The number of hydrogen-bond donors (Lipinski definition) is 2. The molecule has 2 aromatic rings. The second-order valence-corrected chi connectivity index (χ2v) is 4.27. The Kier molecular flexibility index (Phi) is 5.08. The lowest BCUT2D eigenvalue weighted by atomic mass is 10.3. The molecule has 5 heteroatoms. The van der Waals surface area contributed by atoms with Crippen LogP contribution >= 0.6 is 0 Å². The molecular weight excluding hydrogens is 254 g/mol.